The number of hydrogen-bond donors (Lipinski definition) is 0. The van der Waals surface area contributed by atoms with Crippen molar-refractivity contribution < 1.29 is 4.42 Å². The van der Waals surface area contributed by atoms with E-state index in [0.717, 1.165) is 25.8 Å². The highest BCUT2D eigenvalue weighted by Gasteiger charge is 2.11. The Kier molecular flexibility index (Phi) is 3.16. The summed E-state index contributed by atoms with van der Waals surface area (Å²) in [5, 5.41) is 12.2. The van der Waals surface area contributed by atoms with Crippen LogP contribution in [0.3, 0.4) is 0 Å². The summed E-state index contributed by atoms with van der Waals surface area (Å²) in [5.74, 6) is 1.06. The number of aromatic nitrogens is 5. The molecule has 0 saturated heterocycles. The fourth-order valence-corrected chi connectivity index (χ4v) is 3.24. The van der Waals surface area contributed by atoms with Crippen LogP contribution in [-0.4, -0.2) is 25.0 Å². The van der Waals surface area contributed by atoms with Crippen LogP contribution >= 0.6 is 22.9 Å². The zero-order valence-corrected chi connectivity index (χ0v) is 13.1. The maximum Gasteiger partial charge on any atom is 0.237 e. The van der Waals surface area contributed by atoms with Crippen molar-refractivity contribution in [2.24, 2.45) is 0 Å². The third-order valence-corrected chi connectivity index (χ3v) is 4.49. The van der Waals surface area contributed by atoms with E-state index < -0.39 is 0 Å². The standard InChI is InChI=1S/C14H10ClN5OS/c1-8-18-19-14(21-8)7-20-11-4-9(5-16-10(11)6-17-20)12-2-3-13(15)22-12/h2-6H,7H2,1H3. The highest BCUT2D eigenvalue weighted by molar-refractivity contribution is 7.19. The van der Waals surface area contributed by atoms with E-state index in [1.54, 1.807) is 17.8 Å². The molecule has 0 saturated carbocycles. The van der Waals surface area contributed by atoms with E-state index >= 15 is 0 Å². The zero-order valence-electron chi connectivity index (χ0n) is 11.5. The minimum Gasteiger partial charge on any atom is -0.424 e. The molecular weight excluding hydrogens is 322 g/mol. The van der Waals surface area contributed by atoms with Gasteiger partial charge in [0.2, 0.25) is 11.8 Å². The van der Waals surface area contributed by atoms with Gasteiger partial charge in [-0.25, -0.2) is 0 Å². The molecular formula is C14H10ClN5OS. The van der Waals surface area contributed by atoms with Gasteiger partial charge in [-0.3, -0.25) is 9.67 Å². The van der Waals surface area contributed by atoms with Crippen molar-refractivity contribution in [1.82, 2.24) is 25.0 Å². The van der Waals surface area contributed by atoms with E-state index in [2.05, 4.69) is 20.3 Å². The van der Waals surface area contributed by atoms with Crippen molar-refractivity contribution in [2.45, 2.75) is 13.5 Å². The molecule has 0 bridgehead atoms. The van der Waals surface area contributed by atoms with Crippen LogP contribution in [-0.2, 0) is 6.54 Å². The third kappa shape index (κ3) is 2.38. The summed E-state index contributed by atoms with van der Waals surface area (Å²) in [6.45, 7) is 2.18. The molecule has 4 aromatic heterocycles. The molecule has 0 unspecified atom stereocenters. The van der Waals surface area contributed by atoms with Gasteiger partial charge < -0.3 is 4.42 Å². The van der Waals surface area contributed by atoms with Gasteiger partial charge in [0.1, 0.15) is 12.1 Å². The first kappa shape index (κ1) is 13.4. The van der Waals surface area contributed by atoms with E-state index in [4.69, 9.17) is 16.0 Å². The number of aryl methyl sites for hydroxylation is 1. The lowest BCUT2D eigenvalue weighted by Gasteiger charge is -2.01. The van der Waals surface area contributed by atoms with Gasteiger partial charge in [0.05, 0.1) is 16.0 Å². The largest absolute Gasteiger partial charge is 0.424 e. The van der Waals surface area contributed by atoms with E-state index in [0.29, 0.717) is 18.3 Å². The molecule has 0 aromatic carbocycles. The fourth-order valence-electron chi connectivity index (χ4n) is 2.22. The van der Waals surface area contributed by atoms with Crippen molar-refractivity contribution >= 4 is 34.0 Å². The smallest absolute Gasteiger partial charge is 0.237 e. The predicted octanol–water partition coefficient (Wildman–Crippen LogP) is 3.55. The summed E-state index contributed by atoms with van der Waals surface area (Å²) in [7, 11) is 0. The molecule has 0 radical (unpaired) electrons. The van der Waals surface area contributed by atoms with Crippen LogP contribution in [0.25, 0.3) is 21.5 Å². The molecule has 22 heavy (non-hydrogen) atoms. The summed E-state index contributed by atoms with van der Waals surface area (Å²) in [5.41, 5.74) is 2.74. The lowest BCUT2D eigenvalue weighted by atomic mass is 10.2. The van der Waals surface area contributed by atoms with Crippen LogP contribution in [0, 0.1) is 6.92 Å². The van der Waals surface area contributed by atoms with Crippen LogP contribution in [0.5, 0.6) is 0 Å². The van der Waals surface area contributed by atoms with Gasteiger partial charge in [-0.05, 0) is 18.2 Å². The van der Waals surface area contributed by atoms with Gasteiger partial charge in [0.15, 0.2) is 0 Å². The lowest BCUT2D eigenvalue weighted by molar-refractivity contribution is 0.447. The number of nitrogens with zero attached hydrogens (tertiary/aromatic N) is 5. The number of halogens is 1. The van der Waals surface area contributed by atoms with Gasteiger partial charge in [0, 0.05) is 23.6 Å². The highest BCUT2D eigenvalue weighted by atomic mass is 35.5. The number of hydrogen-bond acceptors (Lipinski definition) is 6. The first-order valence-corrected chi connectivity index (χ1v) is 7.75. The number of rotatable bonds is 3. The first-order valence-electron chi connectivity index (χ1n) is 6.55. The summed E-state index contributed by atoms with van der Waals surface area (Å²) < 4.78 is 7.96. The molecule has 0 aliphatic heterocycles. The zero-order chi connectivity index (χ0) is 15.1. The Hall–Kier alpha value is -2.25. The fraction of sp³-hybridized carbons (Fsp3) is 0.143. The summed E-state index contributed by atoms with van der Waals surface area (Å²) in [6, 6.07) is 5.91. The van der Waals surface area contributed by atoms with E-state index in [-0.39, 0.29) is 0 Å². The quantitative estimate of drug-likeness (QED) is 0.574. The van der Waals surface area contributed by atoms with Gasteiger partial charge in [-0.15, -0.1) is 21.5 Å². The van der Waals surface area contributed by atoms with Crippen molar-refractivity contribution in [3.05, 3.63) is 46.7 Å². The third-order valence-electron chi connectivity index (χ3n) is 3.21. The van der Waals surface area contributed by atoms with Crippen molar-refractivity contribution in [3.63, 3.8) is 0 Å². The molecule has 0 spiro atoms. The summed E-state index contributed by atoms with van der Waals surface area (Å²) in [4.78, 5) is 5.52. The molecule has 0 N–H and O–H groups in total. The first-order chi connectivity index (χ1) is 10.7. The van der Waals surface area contributed by atoms with Crippen LogP contribution in [0.2, 0.25) is 4.34 Å². The van der Waals surface area contributed by atoms with Crippen LogP contribution in [0.1, 0.15) is 11.8 Å². The van der Waals surface area contributed by atoms with Crippen LogP contribution in [0.15, 0.2) is 35.0 Å². The number of thiophene rings is 1. The topological polar surface area (TPSA) is 69.6 Å². The maximum absolute atomic E-state index is 6.00. The minimum atomic E-state index is 0.417. The minimum absolute atomic E-state index is 0.417. The van der Waals surface area contributed by atoms with E-state index in [1.807, 2.05) is 24.4 Å². The average molecular weight is 332 g/mol. The molecule has 8 heteroatoms. The van der Waals surface area contributed by atoms with Crippen molar-refractivity contribution in [3.8, 4) is 10.4 Å². The van der Waals surface area contributed by atoms with Crippen LogP contribution in [0.4, 0.5) is 0 Å². The SMILES string of the molecule is Cc1nnc(Cn2ncc3ncc(-c4ccc(Cl)s4)cc32)o1. The Bertz CT molecular complexity index is 957. The Labute approximate surface area is 134 Å². The Morgan fingerprint density at radius 2 is 2.18 bits per heavy atom. The van der Waals surface area contributed by atoms with Gasteiger partial charge in [-0.2, -0.15) is 5.10 Å². The van der Waals surface area contributed by atoms with Gasteiger partial charge in [0.25, 0.3) is 0 Å². The highest BCUT2D eigenvalue weighted by Crippen LogP contribution is 2.31. The predicted molar refractivity (Wildman–Crippen MR) is 84.0 cm³/mol. The van der Waals surface area contributed by atoms with E-state index in [1.165, 1.54) is 11.3 Å². The number of fused-ring (bicyclic) bond motifs is 1. The Morgan fingerprint density at radius 3 is 2.91 bits per heavy atom. The molecule has 0 atom stereocenters. The van der Waals surface area contributed by atoms with E-state index in [9.17, 15) is 0 Å². The molecule has 6 nitrogen and oxygen atoms in total. The summed E-state index contributed by atoms with van der Waals surface area (Å²) in [6.07, 6.45) is 3.55. The lowest BCUT2D eigenvalue weighted by Crippen LogP contribution is -2.01. The van der Waals surface area contributed by atoms with Gasteiger partial charge in [-0.1, -0.05) is 11.6 Å². The molecule has 4 rings (SSSR count). The molecule has 4 heterocycles. The van der Waals surface area contributed by atoms with Gasteiger partial charge >= 0.3 is 0 Å². The molecule has 110 valence electrons. The monoisotopic (exact) mass is 331 g/mol. The number of pyridine rings is 1. The average Bonchev–Trinajstić information content (AvgIpc) is 3.21. The normalized spacial score (nSPS) is 11.4. The second-order valence-electron chi connectivity index (χ2n) is 4.75. The Morgan fingerprint density at radius 1 is 1.27 bits per heavy atom. The molecule has 0 amide bonds. The molecule has 0 aliphatic rings. The second kappa shape index (κ2) is 5.19. The maximum atomic E-state index is 6.00. The second-order valence-corrected chi connectivity index (χ2v) is 6.46. The summed E-state index contributed by atoms with van der Waals surface area (Å²) >= 11 is 7.52. The van der Waals surface area contributed by atoms with Crippen LogP contribution < -0.4 is 0 Å². The van der Waals surface area contributed by atoms with Crippen molar-refractivity contribution in [1.29, 1.82) is 0 Å². The molecule has 0 aliphatic carbocycles. The molecule has 4 aromatic rings. The Balaban J connectivity index is 1.76. The molecule has 0 fully saturated rings. The van der Waals surface area contributed by atoms with Crippen molar-refractivity contribution in [2.75, 3.05) is 0 Å².